The van der Waals surface area contributed by atoms with Crippen LogP contribution in [0.15, 0.2) is 35.4 Å². The summed E-state index contributed by atoms with van der Waals surface area (Å²) in [4.78, 5) is 13.7. The van der Waals surface area contributed by atoms with Crippen LogP contribution in [0.2, 0.25) is 0 Å². The Labute approximate surface area is 172 Å². The van der Waals surface area contributed by atoms with E-state index in [0.29, 0.717) is 31.9 Å². The molecular formula is C20H27N5O3S. The molecule has 0 aliphatic carbocycles. The van der Waals surface area contributed by atoms with Crippen LogP contribution in [0.1, 0.15) is 18.4 Å². The lowest BCUT2D eigenvalue weighted by molar-refractivity contribution is 0.373. The van der Waals surface area contributed by atoms with E-state index < -0.39 is 10.0 Å². The molecule has 0 atom stereocenters. The second-order valence-electron chi connectivity index (χ2n) is 7.45. The fraction of sp³-hybridized carbons (Fsp3) is 0.500. The summed E-state index contributed by atoms with van der Waals surface area (Å²) in [6.07, 6.45) is 4.13. The highest BCUT2D eigenvalue weighted by molar-refractivity contribution is 7.89. The summed E-state index contributed by atoms with van der Waals surface area (Å²) in [6, 6.07) is 7.13. The molecule has 0 unspecified atom stereocenters. The lowest BCUT2D eigenvalue weighted by Crippen LogP contribution is -2.49. The minimum atomic E-state index is -3.61. The fourth-order valence-electron chi connectivity index (χ4n) is 3.87. The number of nitrogens with zero attached hydrogens (tertiary/aromatic N) is 5. The Morgan fingerprint density at radius 3 is 2.38 bits per heavy atom. The third kappa shape index (κ3) is 4.02. The predicted molar refractivity (Wildman–Crippen MR) is 112 cm³/mol. The second-order valence-corrected chi connectivity index (χ2v) is 9.36. The molecule has 3 heterocycles. The number of aryl methyl sites for hydroxylation is 1. The van der Waals surface area contributed by atoms with Crippen molar-refractivity contribution in [2.24, 2.45) is 0 Å². The maximum absolute atomic E-state index is 13.2. The highest BCUT2D eigenvalue weighted by atomic mass is 32.2. The first-order chi connectivity index (χ1) is 14.0. The molecule has 2 aliphatic heterocycles. The molecule has 0 amide bonds. The Kier molecular flexibility index (Phi) is 5.60. The van der Waals surface area contributed by atoms with Gasteiger partial charge in [0.1, 0.15) is 16.5 Å². The molecule has 1 aromatic heterocycles. The topological polar surface area (TPSA) is 78.9 Å². The van der Waals surface area contributed by atoms with Crippen LogP contribution in [-0.4, -0.2) is 69.1 Å². The molecule has 0 spiro atoms. The third-order valence-corrected chi connectivity index (χ3v) is 7.44. The van der Waals surface area contributed by atoms with Gasteiger partial charge in [0.05, 0.1) is 7.11 Å². The number of hydrogen-bond donors (Lipinski definition) is 0. The molecule has 0 bridgehead atoms. The Morgan fingerprint density at radius 1 is 0.966 bits per heavy atom. The van der Waals surface area contributed by atoms with Crippen molar-refractivity contribution in [3.63, 3.8) is 0 Å². The first-order valence-corrected chi connectivity index (χ1v) is 11.4. The summed E-state index contributed by atoms with van der Waals surface area (Å²) in [5, 5.41) is 0. The van der Waals surface area contributed by atoms with Crippen LogP contribution < -0.4 is 14.5 Å². The maximum Gasteiger partial charge on any atom is 0.246 e. The number of benzene rings is 1. The van der Waals surface area contributed by atoms with Crippen LogP contribution in [0.4, 0.5) is 11.8 Å². The van der Waals surface area contributed by atoms with E-state index in [9.17, 15) is 8.42 Å². The molecule has 2 fully saturated rings. The number of rotatable bonds is 5. The van der Waals surface area contributed by atoms with E-state index in [0.717, 1.165) is 30.4 Å². The second kappa shape index (κ2) is 8.16. The first-order valence-electron chi connectivity index (χ1n) is 9.97. The van der Waals surface area contributed by atoms with Crippen molar-refractivity contribution in [3.05, 3.63) is 36.0 Å². The van der Waals surface area contributed by atoms with Gasteiger partial charge in [0.25, 0.3) is 0 Å². The van der Waals surface area contributed by atoms with Gasteiger partial charge in [0, 0.05) is 45.5 Å². The predicted octanol–water partition coefficient (Wildman–Crippen LogP) is 1.90. The molecule has 9 heteroatoms. The molecule has 156 valence electrons. The summed E-state index contributed by atoms with van der Waals surface area (Å²) < 4.78 is 33.2. The summed E-state index contributed by atoms with van der Waals surface area (Å²) in [6.45, 7) is 5.85. The maximum atomic E-state index is 13.2. The number of piperazine rings is 1. The van der Waals surface area contributed by atoms with E-state index in [-0.39, 0.29) is 4.90 Å². The monoisotopic (exact) mass is 417 g/mol. The van der Waals surface area contributed by atoms with E-state index in [1.807, 2.05) is 19.1 Å². The van der Waals surface area contributed by atoms with E-state index in [1.54, 1.807) is 18.3 Å². The molecule has 0 saturated carbocycles. The van der Waals surface area contributed by atoms with Crippen molar-refractivity contribution >= 4 is 21.8 Å². The standard InChI is InChI=1S/C20H27N5O3S/c1-16-5-6-17(28-2)18(15-16)29(26,27)25-13-11-23(12-14-25)19-7-8-21-20(22-19)24-9-3-4-10-24/h5-8,15H,3-4,9-14H2,1-2H3. The van der Waals surface area contributed by atoms with Gasteiger partial charge in [-0.05, 0) is 43.5 Å². The summed E-state index contributed by atoms with van der Waals surface area (Å²) in [5.74, 6) is 2.00. The minimum Gasteiger partial charge on any atom is -0.495 e. The van der Waals surface area contributed by atoms with Crippen LogP contribution in [0, 0.1) is 6.92 Å². The van der Waals surface area contributed by atoms with Crippen LogP contribution in [0.5, 0.6) is 5.75 Å². The summed E-state index contributed by atoms with van der Waals surface area (Å²) in [5.41, 5.74) is 0.887. The van der Waals surface area contributed by atoms with E-state index >= 15 is 0 Å². The van der Waals surface area contributed by atoms with E-state index in [2.05, 4.69) is 14.8 Å². The van der Waals surface area contributed by atoms with Crippen molar-refractivity contribution in [1.29, 1.82) is 0 Å². The van der Waals surface area contributed by atoms with Gasteiger partial charge in [-0.25, -0.2) is 13.4 Å². The van der Waals surface area contributed by atoms with Gasteiger partial charge in [-0.1, -0.05) is 6.07 Å². The number of hydrogen-bond acceptors (Lipinski definition) is 7. The Hall–Kier alpha value is -2.39. The van der Waals surface area contributed by atoms with Crippen molar-refractivity contribution in [3.8, 4) is 5.75 Å². The molecule has 2 saturated heterocycles. The molecule has 1 aromatic carbocycles. The number of sulfonamides is 1. The van der Waals surface area contributed by atoms with Gasteiger partial charge in [-0.3, -0.25) is 0 Å². The highest BCUT2D eigenvalue weighted by Crippen LogP contribution is 2.29. The van der Waals surface area contributed by atoms with Crippen molar-refractivity contribution in [2.45, 2.75) is 24.7 Å². The van der Waals surface area contributed by atoms with Gasteiger partial charge in [-0.2, -0.15) is 9.29 Å². The smallest absolute Gasteiger partial charge is 0.246 e. The van der Waals surface area contributed by atoms with Crippen LogP contribution in [-0.2, 0) is 10.0 Å². The van der Waals surface area contributed by atoms with Gasteiger partial charge in [0.15, 0.2) is 0 Å². The quantitative estimate of drug-likeness (QED) is 0.735. The number of methoxy groups -OCH3 is 1. The van der Waals surface area contributed by atoms with Gasteiger partial charge in [-0.15, -0.1) is 0 Å². The normalized spacial score (nSPS) is 18.3. The van der Waals surface area contributed by atoms with Crippen molar-refractivity contribution < 1.29 is 13.2 Å². The van der Waals surface area contributed by atoms with E-state index in [1.165, 1.54) is 24.3 Å². The molecule has 29 heavy (non-hydrogen) atoms. The zero-order chi connectivity index (χ0) is 20.4. The third-order valence-electron chi connectivity index (χ3n) is 5.52. The highest BCUT2D eigenvalue weighted by Gasteiger charge is 2.31. The molecule has 0 N–H and O–H groups in total. The molecule has 8 nitrogen and oxygen atoms in total. The minimum absolute atomic E-state index is 0.229. The van der Waals surface area contributed by atoms with Gasteiger partial charge >= 0.3 is 0 Å². The summed E-state index contributed by atoms with van der Waals surface area (Å²) in [7, 11) is -2.12. The molecule has 2 aliphatic rings. The Balaban J connectivity index is 1.48. The van der Waals surface area contributed by atoms with Crippen molar-refractivity contribution in [1.82, 2.24) is 14.3 Å². The molecule has 2 aromatic rings. The van der Waals surface area contributed by atoms with Crippen LogP contribution >= 0.6 is 0 Å². The Morgan fingerprint density at radius 2 is 1.69 bits per heavy atom. The average molecular weight is 418 g/mol. The number of anilines is 2. The zero-order valence-electron chi connectivity index (χ0n) is 16.9. The van der Waals surface area contributed by atoms with Crippen LogP contribution in [0.25, 0.3) is 0 Å². The Bertz CT molecular complexity index is 968. The fourth-order valence-corrected chi connectivity index (χ4v) is 5.53. The first kappa shape index (κ1) is 19.9. The molecule has 4 rings (SSSR count). The van der Waals surface area contributed by atoms with Gasteiger partial charge < -0.3 is 14.5 Å². The van der Waals surface area contributed by atoms with Gasteiger partial charge in [0.2, 0.25) is 16.0 Å². The lowest BCUT2D eigenvalue weighted by Gasteiger charge is -2.35. The average Bonchev–Trinajstić information content (AvgIpc) is 3.29. The van der Waals surface area contributed by atoms with Crippen LogP contribution in [0.3, 0.4) is 0 Å². The van der Waals surface area contributed by atoms with Crippen molar-refractivity contribution in [2.75, 3.05) is 56.2 Å². The summed E-state index contributed by atoms with van der Waals surface area (Å²) >= 11 is 0. The van der Waals surface area contributed by atoms with E-state index in [4.69, 9.17) is 9.72 Å². The lowest BCUT2D eigenvalue weighted by atomic mass is 10.2. The molecular weight excluding hydrogens is 390 g/mol. The largest absolute Gasteiger partial charge is 0.495 e. The number of ether oxygens (including phenoxy) is 1. The zero-order valence-corrected chi connectivity index (χ0v) is 17.7. The number of aromatic nitrogens is 2. The molecule has 0 radical (unpaired) electrons. The SMILES string of the molecule is COc1ccc(C)cc1S(=O)(=O)N1CCN(c2ccnc(N3CCCC3)n2)CC1.